The van der Waals surface area contributed by atoms with E-state index in [9.17, 15) is 4.79 Å². The number of aromatic nitrogens is 3. The van der Waals surface area contributed by atoms with E-state index in [2.05, 4.69) is 15.4 Å². The molecule has 146 valence electrons. The van der Waals surface area contributed by atoms with Crippen LogP contribution in [0.15, 0.2) is 60.8 Å². The van der Waals surface area contributed by atoms with Crippen LogP contribution in [0.5, 0.6) is 0 Å². The summed E-state index contributed by atoms with van der Waals surface area (Å²) in [5.74, 6) is -0.239. The van der Waals surface area contributed by atoms with Crippen molar-refractivity contribution in [3.63, 3.8) is 0 Å². The molecule has 4 aromatic rings. The molecule has 0 fully saturated rings. The smallest absolute Gasteiger partial charge is 0.259 e. The summed E-state index contributed by atoms with van der Waals surface area (Å²) in [6, 6.07) is 16.8. The van der Waals surface area contributed by atoms with Gasteiger partial charge in [0.2, 0.25) is 0 Å². The van der Waals surface area contributed by atoms with Crippen LogP contribution in [0.4, 0.5) is 11.4 Å². The average Bonchev–Trinajstić information content (AvgIpc) is 3.06. The van der Waals surface area contributed by atoms with Gasteiger partial charge in [-0.2, -0.15) is 5.10 Å². The van der Waals surface area contributed by atoms with Gasteiger partial charge in [0.25, 0.3) is 5.91 Å². The molecule has 1 N–H and O–H groups in total. The zero-order valence-corrected chi connectivity index (χ0v) is 17.1. The second-order valence-corrected chi connectivity index (χ2v) is 7.34. The molecule has 29 heavy (non-hydrogen) atoms. The molecule has 0 aliphatic rings. The number of carbonyl (C=O) groups is 1. The molecule has 0 unspecified atom stereocenters. The minimum absolute atomic E-state index is 0.239. The van der Waals surface area contributed by atoms with E-state index in [0.29, 0.717) is 21.9 Å². The van der Waals surface area contributed by atoms with Gasteiger partial charge in [-0.25, -0.2) is 9.67 Å². The van der Waals surface area contributed by atoms with Gasteiger partial charge in [0.15, 0.2) is 5.65 Å². The first-order chi connectivity index (χ1) is 14.0. The summed E-state index contributed by atoms with van der Waals surface area (Å²) < 4.78 is 1.80. The highest BCUT2D eigenvalue weighted by Gasteiger charge is 2.22. The first kappa shape index (κ1) is 19.0. The van der Waals surface area contributed by atoms with Gasteiger partial charge in [-0.3, -0.25) is 4.79 Å². The summed E-state index contributed by atoms with van der Waals surface area (Å²) in [6.07, 6.45) is 1.60. The number of benzene rings is 2. The molecule has 0 spiro atoms. The Morgan fingerprint density at radius 1 is 1.07 bits per heavy atom. The minimum atomic E-state index is -0.239. The monoisotopic (exact) mass is 405 g/mol. The van der Waals surface area contributed by atoms with Crippen molar-refractivity contribution in [2.75, 3.05) is 24.3 Å². The number of nitrogens with zero attached hydrogens (tertiary/aromatic N) is 4. The van der Waals surface area contributed by atoms with Crippen molar-refractivity contribution >= 4 is 39.9 Å². The van der Waals surface area contributed by atoms with E-state index in [4.69, 9.17) is 11.6 Å². The summed E-state index contributed by atoms with van der Waals surface area (Å²) in [4.78, 5) is 19.5. The van der Waals surface area contributed by atoms with E-state index >= 15 is 0 Å². The van der Waals surface area contributed by atoms with Crippen LogP contribution < -0.4 is 10.2 Å². The fourth-order valence-corrected chi connectivity index (χ4v) is 3.47. The molecule has 0 saturated carbocycles. The molecule has 0 atom stereocenters. The molecular formula is C22H20ClN5O. The van der Waals surface area contributed by atoms with Crippen molar-refractivity contribution in [2.45, 2.75) is 6.92 Å². The molecule has 0 bridgehead atoms. The maximum Gasteiger partial charge on any atom is 0.259 e. The van der Waals surface area contributed by atoms with Crippen molar-refractivity contribution in [1.82, 2.24) is 14.8 Å². The van der Waals surface area contributed by atoms with E-state index in [1.165, 1.54) is 0 Å². The molecule has 2 aromatic carbocycles. The van der Waals surface area contributed by atoms with Gasteiger partial charge >= 0.3 is 0 Å². The number of para-hydroxylation sites is 1. The number of halogens is 1. The zero-order chi connectivity index (χ0) is 20.5. The molecule has 2 aromatic heterocycles. The van der Waals surface area contributed by atoms with Gasteiger partial charge in [0.1, 0.15) is 0 Å². The van der Waals surface area contributed by atoms with Crippen LogP contribution in [0.25, 0.3) is 16.7 Å². The Morgan fingerprint density at radius 3 is 2.41 bits per heavy atom. The average molecular weight is 406 g/mol. The van der Waals surface area contributed by atoms with Crippen LogP contribution in [0.2, 0.25) is 5.02 Å². The highest BCUT2D eigenvalue weighted by atomic mass is 35.5. The Morgan fingerprint density at radius 2 is 1.76 bits per heavy atom. The van der Waals surface area contributed by atoms with Crippen molar-refractivity contribution in [2.24, 2.45) is 0 Å². The van der Waals surface area contributed by atoms with Crippen LogP contribution in [0, 0.1) is 6.92 Å². The molecular weight excluding hydrogens is 386 g/mol. The molecule has 0 saturated heterocycles. The Hall–Kier alpha value is -3.38. The van der Waals surface area contributed by atoms with E-state index in [1.807, 2.05) is 56.3 Å². The van der Waals surface area contributed by atoms with Gasteiger partial charge in [-0.15, -0.1) is 0 Å². The van der Waals surface area contributed by atoms with E-state index in [-0.39, 0.29) is 5.91 Å². The molecule has 1 amide bonds. The van der Waals surface area contributed by atoms with Gasteiger partial charge < -0.3 is 10.2 Å². The number of nitrogens with one attached hydrogen (secondary N) is 1. The number of rotatable bonds is 4. The molecule has 0 radical (unpaired) electrons. The summed E-state index contributed by atoms with van der Waals surface area (Å²) in [5, 5.41) is 9.05. The minimum Gasteiger partial charge on any atom is -0.376 e. The number of hydrogen-bond acceptors (Lipinski definition) is 4. The van der Waals surface area contributed by atoms with Crippen LogP contribution in [-0.4, -0.2) is 34.8 Å². The molecule has 7 heteroatoms. The first-order valence-corrected chi connectivity index (χ1v) is 9.51. The first-order valence-electron chi connectivity index (χ1n) is 9.13. The Kier molecular flexibility index (Phi) is 4.94. The lowest BCUT2D eigenvalue weighted by Crippen LogP contribution is -2.19. The summed E-state index contributed by atoms with van der Waals surface area (Å²) >= 11 is 5.93. The number of aryl methyl sites for hydroxylation is 1. The fourth-order valence-electron chi connectivity index (χ4n) is 3.34. The third-order valence-electron chi connectivity index (χ3n) is 4.64. The van der Waals surface area contributed by atoms with Crippen LogP contribution in [-0.2, 0) is 0 Å². The van der Waals surface area contributed by atoms with Gasteiger partial charge in [0, 0.05) is 31.0 Å². The van der Waals surface area contributed by atoms with E-state index in [0.717, 1.165) is 22.5 Å². The van der Waals surface area contributed by atoms with E-state index < -0.39 is 0 Å². The normalized spacial score (nSPS) is 10.9. The van der Waals surface area contributed by atoms with Gasteiger partial charge in [0.05, 0.1) is 28.0 Å². The van der Waals surface area contributed by atoms with Crippen LogP contribution in [0.1, 0.15) is 16.1 Å². The molecule has 0 aliphatic heterocycles. The lowest BCUT2D eigenvalue weighted by molar-refractivity contribution is 0.102. The third-order valence-corrected chi connectivity index (χ3v) is 4.89. The maximum atomic E-state index is 13.0. The molecule has 6 nitrogen and oxygen atoms in total. The lowest BCUT2D eigenvalue weighted by Gasteiger charge is -2.18. The standard InChI is InChI=1S/C22H20ClN5O/c1-14-19-20(27(2)3)18(22(29)25-16-11-9-15(23)10-12-16)13-24-21(19)28(26-14)17-7-5-4-6-8-17/h4-13H,1-3H3,(H,25,29). The van der Waals surface area contributed by atoms with Crippen molar-refractivity contribution in [3.8, 4) is 5.69 Å². The molecule has 4 rings (SSSR count). The van der Waals surface area contributed by atoms with Crippen LogP contribution in [0.3, 0.4) is 0 Å². The highest BCUT2D eigenvalue weighted by Crippen LogP contribution is 2.32. The van der Waals surface area contributed by atoms with Gasteiger partial charge in [-0.05, 0) is 43.3 Å². The number of hydrogen-bond donors (Lipinski definition) is 1. The topological polar surface area (TPSA) is 63.1 Å². The Labute approximate surface area is 173 Å². The van der Waals surface area contributed by atoms with E-state index in [1.54, 1.807) is 35.1 Å². The van der Waals surface area contributed by atoms with Crippen molar-refractivity contribution in [1.29, 1.82) is 0 Å². The summed E-state index contributed by atoms with van der Waals surface area (Å²) in [6.45, 7) is 1.93. The predicted molar refractivity (Wildman–Crippen MR) is 117 cm³/mol. The Bertz CT molecular complexity index is 1180. The second kappa shape index (κ2) is 7.56. The predicted octanol–water partition coefficient (Wildman–Crippen LogP) is 4.70. The maximum absolute atomic E-state index is 13.0. The number of pyridine rings is 1. The fraction of sp³-hybridized carbons (Fsp3) is 0.136. The zero-order valence-electron chi connectivity index (χ0n) is 16.3. The quantitative estimate of drug-likeness (QED) is 0.534. The van der Waals surface area contributed by atoms with Crippen molar-refractivity contribution < 1.29 is 4.79 Å². The third kappa shape index (κ3) is 3.54. The highest BCUT2D eigenvalue weighted by molar-refractivity contribution is 6.30. The second-order valence-electron chi connectivity index (χ2n) is 6.91. The van der Waals surface area contributed by atoms with Crippen molar-refractivity contribution in [3.05, 3.63) is 77.1 Å². The van der Waals surface area contributed by atoms with Gasteiger partial charge in [-0.1, -0.05) is 29.8 Å². The number of carbonyl (C=O) groups excluding carboxylic acids is 1. The lowest BCUT2D eigenvalue weighted by atomic mass is 10.1. The Balaban J connectivity index is 1.83. The van der Waals surface area contributed by atoms with Crippen LogP contribution >= 0.6 is 11.6 Å². The summed E-state index contributed by atoms with van der Waals surface area (Å²) in [7, 11) is 3.82. The molecule has 0 aliphatic carbocycles. The largest absolute Gasteiger partial charge is 0.376 e. The SMILES string of the molecule is Cc1nn(-c2ccccc2)c2ncc(C(=O)Nc3ccc(Cl)cc3)c(N(C)C)c12. The summed E-state index contributed by atoms with van der Waals surface area (Å²) in [5.41, 5.74) is 4.36. The number of amides is 1. The number of anilines is 2. The molecule has 2 heterocycles. The number of fused-ring (bicyclic) bond motifs is 1.